The molecule has 1 fully saturated rings. The lowest BCUT2D eigenvalue weighted by Gasteiger charge is -2.36. The van der Waals surface area contributed by atoms with Crippen LogP contribution in [0.4, 0.5) is 14.5 Å². The van der Waals surface area contributed by atoms with Crippen molar-refractivity contribution < 1.29 is 13.9 Å². The molecular formula is C14H18ClF2NO. The van der Waals surface area contributed by atoms with Crippen molar-refractivity contribution in [2.24, 2.45) is 5.41 Å². The quantitative estimate of drug-likeness (QED) is 0.879. The maximum Gasteiger partial charge on any atom is 0.150 e. The van der Waals surface area contributed by atoms with E-state index in [-0.39, 0.29) is 22.7 Å². The van der Waals surface area contributed by atoms with Gasteiger partial charge in [0.05, 0.1) is 17.3 Å². The van der Waals surface area contributed by atoms with Gasteiger partial charge in [0.15, 0.2) is 5.82 Å². The predicted molar refractivity (Wildman–Crippen MR) is 72.5 cm³/mol. The van der Waals surface area contributed by atoms with Crippen LogP contribution in [0.25, 0.3) is 0 Å². The second-order valence-corrected chi connectivity index (χ2v) is 5.72. The molecule has 0 heterocycles. The van der Waals surface area contributed by atoms with Crippen LogP contribution in [-0.2, 0) is 0 Å². The van der Waals surface area contributed by atoms with E-state index in [0.717, 1.165) is 37.8 Å². The first-order chi connectivity index (χ1) is 9.06. The Hall–Kier alpha value is -0.870. The molecule has 2 N–H and O–H groups in total. The smallest absolute Gasteiger partial charge is 0.150 e. The second-order valence-electron chi connectivity index (χ2n) is 5.32. The third-order valence-electron chi connectivity index (χ3n) is 3.90. The van der Waals surface area contributed by atoms with Crippen LogP contribution in [0.3, 0.4) is 0 Å². The number of benzene rings is 1. The largest absolute Gasteiger partial charge is 0.396 e. The maximum atomic E-state index is 13.6. The van der Waals surface area contributed by atoms with Gasteiger partial charge in [0.25, 0.3) is 0 Å². The molecule has 106 valence electrons. The SMILES string of the molecule is OCC1(CNc2c(F)cc(F)cc2Cl)CCCCC1. The zero-order chi connectivity index (χ0) is 13.9. The number of nitrogens with one attached hydrogen (secondary N) is 1. The minimum absolute atomic E-state index is 0.0291. The summed E-state index contributed by atoms with van der Waals surface area (Å²) in [6.45, 7) is 0.520. The standard InChI is InChI=1S/C14H18ClF2NO/c15-11-6-10(16)7-12(17)13(11)18-8-14(9-19)4-2-1-3-5-14/h6-7,18-19H,1-5,8-9H2. The van der Waals surface area contributed by atoms with Crippen LogP contribution < -0.4 is 5.32 Å². The minimum atomic E-state index is -0.700. The lowest BCUT2D eigenvalue weighted by atomic mass is 9.74. The van der Waals surface area contributed by atoms with E-state index in [9.17, 15) is 13.9 Å². The molecule has 1 aromatic rings. The summed E-state index contributed by atoms with van der Waals surface area (Å²) < 4.78 is 26.6. The van der Waals surface area contributed by atoms with Gasteiger partial charge in [-0.15, -0.1) is 0 Å². The molecule has 0 aromatic heterocycles. The van der Waals surface area contributed by atoms with Crippen LogP contribution in [-0.4, -0.2) is 18.3 Å². The Labute approximate surface area is 116 Å². The summed E-state index contributed by atoms with van der Waals surface area (Å²) in [4.78, 5) is 0. The van der Waals surface area contributed by atoms with E-state index in [1.165, 1.54) is 6.42 Å². The summed E-state index contributed by atoms with van der Waals surface area (Å²) in [5.41, 5.74) is -0.107. The lowest BCUT2D eigenvalue weighted by Crippen LogP contribution is -2.35. The summed E-state index contributed by atoms with van der Waals surface area (Å²) in [6, 6.07) is 1.89. The number of hydrogen-bond donors (Lipinski definition) is 2. The maximum absolute atomic E-state index is 13.6. The van der Waals surface area contributed by atoms with Crippen LogP contribution in [0.5, 0.6) is 0 Å². The number of halogens is 3. The Kier molecular flexibility index (Phi) is 4.63. The summed E-state index contributed by atoms with van der Waals surface area (Å²) in [7, 11) is 0. The second kappa shape index (κ2) is 6.06. The van der Waals surface area contributed by atoms with Gasteiger partial charge in [-0.1, -0.05) is 30.9 Å². The molecule has 19 heavy (non-hydrogen) atoms. The van der Waals surface area contributed by atoms with Gasteiger partial charge in [0.1, 0.15) is 5.82 Å². The molecule has 5 heteroatoms. The van der Waals surface area contributed by atoms with Gasteiger partial charge in [0.2, 0.25) is 0 Å². The van der Waals surface area contributed by atoms with Gasteiger partial charge in [-0.25, -0.2) is 8.78 Å². The van der Waals surface area contributed by atoms with Gasteiger partial charge in [-0.05, 0) is 18.9 Å². The van der Waals surface area contributed by atoms with Crippen molar-refractivity contribution in [3.05, 3.63) is 28.8 Å². The molecule has 0 bridgehead atoms. The third-order valence-corrected chi connectivity index (χ3v) is 4.19. The van der Waals surface area contributed by atoms with Gasteiger partial charge in [-0.2, -0.15) is 0 Å². The monoisotopic (exact) mass is 289 g/mol. The molecule has 0 atom stereocenters. The normalized spacial score (nSPS) is 18.3. The molecule has 1 aromatic carbocycles. The number of rotatable bonds is 4. The Morgan fingerprint density at radius 2 is 1.89 bits per heavy atom. The molecule has 2 rings (SSSR count). The van der Waals surface area contributed by atoms with Crippen molar-refractivity contribution in [3.8, 4) is 0 Å². The first-order valence-electron chi connectivity index (χ1n) is 6.56. The number of anilines is 1. The fraction of sp³-hybridized carbons (Fsp3) is 0.571. The van der Waals surface area contributed by atoms with Crippen molar-refractivity contribution in [3.63, 3.8) is 0 Å². The first-order valence-corrected chi connectivity index (χ1v) is 6.93. The number of aliphatic hydroxyl groups is 1. The van der Waals surface area contributed by atoms with Crippen LogP contribution in [0.1, 0.15) is 32.1 Å². The van der Waals surface area contributed by atoms with Crippen molar-refractivity contribution in [2.45, 2.75) is 32.1 Å². The molecule has 0 radical (unpaired) electrons. The van der Waals surface area contributed by atoms with Crippen LogP contribution in [0.15, 0.2) is 12.1 Å². The number of aliphatic hydroxyl groups excluding tert-OH is 1. The van der Waals surface area contributed by atoms with Gasteiger partial charge in [-0.3, -0.25) is 0 Å². The topological polar surface area (TPSA) is 32.3 Å². The molecule has 0 spiro atoms. The highest BCUT2D eigenvalue weighted by Crippen LogP contribution is 2.37. The molecule has 0 saturated heterocycles. The third kappa shape index (κ3) is 3.37. The van der Waals surface area contributed by atoms with Crippen molar-refractivity contribution in [1.82, 2.24) is 0 Å². The molecule has 1 aliphatic carbocycles. The average Bonchev–Trinajstić information content (AvgIpc) is 2.38. The average molecular weight is 290 g/mol. The Balaban J connectivity index is 2.09. The van der Waals surface area contributed by atoms with Crippen molar-refractivity contribution in [2.75, 3.05) is 18.5 Å². The predicted octanol–water partition coefficient (Wildman–Crippen LogP) is 3.97. The molecular weight excluding hydrogens is 272 g/mol. The Morgan fingerprint density at radius 3 is 2.47 bits per heavy atom. The van der Waals surface area contributed by atoms with E-state index in [0.29, 0.717) is 6.54 Å². The molecule has 0 aliphatic heterocycles. The minimum Gasteiger partial charge on any atom is -0.396 e. The molecule has 1 aliphatic rings. The van der Waals surface area contributed by atoms with Gasteiger partial charge >= 0.3 is 0 Å². The van der Waals surface area contributed by atoms with Crippen molar-refractivity contribution >= 4 is 17.3 Å². The van der Waals surface area contributed by atoms with Crippen LogP contribution >= 0.6 is 11.6 Å². The number of hydrogen-bond acceptors (Lipinski definition) is 2. The summed E-state index contributed by atoms with van der Waals surface area (Å²) >= 11 is 5.84. The molecule has 2 nitrogen and oxygen atoms in total. The molecule has 0 amide bonds. The van der Waals surface area contributed by atoms with E-state index >= 15 is 0 Å². The summed E-state index contributed by atoms with van der Waals surface area (Å²) in [5.74, 6) is -1.39. The van der Waals surface area contributed by atoms with Crippen LogP contribution in [0.2, 0.25) is 5.02 Å². The van der Waals surface area contributed by atoms with Gasteiger partial charge in [0, 0.05) is 18.0 Å². The zero-order valence-electron chi connectivity index (χ0n) is 10.7. The summed E-state index contributed by atoms with van der Waals surface area (Å²) in [5, 5.41) is 12.5. The van der Waals surface area contributed by atoms with Crippen molar-refractivity contribution in [1.29, 1.82) is 0 Å². The Bertz CT molecular complexity index is 424. The molecule has 0 unspecified atom stereocenters. The van der Waals surface area contributed by atoms with E-state index in [1.54, 1.807) is 0 Å². The van der Waals surface area contributed by atoms with E-state index in [4.69, 9.17) is 11.6 Å². The first kappa shape index (κ1) is 14.5. The molecule has 1 saturated carbocycles. The highest BCUT2D eigenvalue weighted by Gasteiger charge is 2.31. The van der Waals surface area contributed by atoms with E-state index in [1.807, 2.05) is 0 Å². The lowest BCUT2D eigenvalue weighted by molar-refractivity contribution is 0.0943. The summed E-state index contributed by atoms with van der Waals surface area (Å²) in [6.07, 6.45) is 5.14. The van der Waals surface area contributed by atoms with E-state index < -0.39 is 11.6 Å². The van der Waals surface area contributed by atoms with Crippen LogP contribution in [0, 0.1) is 17.0 Å². The zero-order valence-corrected chi connectivity index (χ0v) is 11.4. The fourth-order valence-corrected chi connectivity index (χ4v) is 2.94. The Morgan fingerprint density at radius 1 is 1.21 bits per heavy atom. The highest BCUT2D eigenvalue weighted by atomic mass is 35.5. The van der Waals surface area contributed by atoms with E-state index in [2.05, 4.69) is 5.32 Å². The fourth-order valence-electron chi connectivity index (χ4n) is 2.68. The van der Waals surface area contributed by atoms with Gasteiger partial charge < -0.3 is 10.4 Å². The highest BCUT2D eigenvalue weighted by molar-refractivity contribution is 6.33.